The lowest BCUT2D eigenvalue weighted by Gasteiger charge is -2.23. The Balaban J connectivity index is 1.83. The van der Waals surface area contributed by atoms with Crippen molar-refractivity contribution in [1.29, 1.82) is 0 Å². The maximum Gasteiger partial charge on any atom is 0.221 e. The molecule has 5 nitrogen and oxygen atoms in total. The maximum atomic E-state index is 11.8. The molecule has 0 spiro atoms. The summed E-state index contributed by atoms with van der Waals surface area (Å²) in [5, 5.41) is 6.41. The van der Waals surface area contributed by atoms with Crippen molar-refractivity contribution in [3.05, 3.63) is 34.9 Å². The average molecular weight is 317 g/mol. The molecule has 20 heavy (non-hydrogen) atoms. The van der Waals surface area contributed by atoms with Gasteiger partial charge in [0.15, 0.2) is 9.84 Å². The largest absolute Gasteiger partial charge is 0.352 e. The molecule has 110 valence electrons. The predicted molar refractivity (Wildman–Crippen MR) is 78.4 cm³/mol. The molecule has 1 aliphatic heterocycles. The molecule has 7 heteroatoms. The Morgan fingerprint density at radius 2 is 2.15 bits per heavy atom. The van der Waals surface area contributed by atoms with Gasteiger partial charge in [0.1, 0.15) is 0 Å². The van der Waals surface area contributed by atoms with E-state index in [1.165, 1.54) is 0 Å². The zero-order valence-corrected chi connectivity index (χ0v) is 12.5. The highest BCUT2D eigenvalue weighted by atomic mass is 35.5. The summed E-state index contributed by atoms with van der Waals surface area (Å²) in [6, 6.07) is 6.97. The van der Waals surface area contributed by atoms with Crippen LogP contribution in [0.4, 0.5) is 0 Å². The lowest BCUT2D eigenvalue weighted by atomic mass is 10.2. The topological polar surface area (TPSA) is 75.3 Å². The van der Waals surface area contributed by atoms with Crippen LogP contribution in [0.25, 0.3) is 0 Å². The number of sulfone groups is 1. The summed E-state index contributed by atoms with van der Waals surface area (Å²) in [5.41, 5.74) is 0.840. The molecule has 1 heterocycles. The highest BCUT2D eigenvalue weighted by Crippen LogP contribution is 2.14. The molecular weight excluding hydrogens is 300 g/mol. The minimum Gasteiger partial charge on any atom is -0.352 e. The minimum atomic E-state index is -3.01. The molecule has 1 unspecified atom stereocenters. The summed E-state index contributed by atoms with van der Waals surface area (Å²) in [6.45, 7) is 0.753. The van der Waals surface area contributed by atoms with Crippen molar-refractivity contribution in [3.8, 4) is 0 Å². The van der Waals surface area contributed by atoms with E-state index >= 15 is 0 Å². The van der Waals surface area contributed by atoms with Crippen LogP contribution in [-0.4, -0.2) is 38.4 Å². The van der Waals surface area contributed by atoms with Gasteiger partial charge in [-0.2, -0.15) is 0 Å². The van der Waals surface area contributed by atoms with Crippen molar-refractivity contribution >= 4 is 27.3 Å². The number of hydrogen-bond donors (Lipinski definition) is 2. The van der Waals surface area contributed by atoms with Crippen molar-refractivity contribution in [2.45, 2.75) is 19.0 Å². The lowest BCUT2D eigenvalue weighted by Crippen LogP contribution is -2.47. The minimum absolute atomic E-state index is 0.0204. The van der Waals surface area contributed by atoms with Crippen LogP contribution in [0.2, 0.25) is 5.02 Å². The van der Waals surface area contributed by atoms with Crippen LogP contribution in [0.3, 0.4) is 0 Å². The number of benzene rings is 1. The molecule has 1 atom stereocenters. The third-order valence-corrected chi connectivity index (χ3v) is 5.27. The molecule has 1 amide bonds. The fourth-order valence-electron chi connectivity index (χ4n) is 2.13. The van der Waals surface area contributed by atoms with Gasteiger partial charge >= 0.3 is 0 Å². The molecule has 2 N–H and O–H groups in total. The molecule has 0 saturated carbocycles. The quantitative estimate of drug-likeness (QED) is 0.859. The van der Waals surface area contributed by atoms with Crippen molar-refractivity contribution in [2.75, 3.05) is 18.1 Å². The van der Waals surface area contributed by atoms with E-state index in [1.807, 2.05) is 18.2 Å². The summed E-state index contributed by atoms with van der Waals surface area (Å²) in [7, 11) is -3.01. The zero-order chi connectivity index (χ0) is 14.6. The standard InChI is InChI=1S/C13H17ClN2O3S/c14-12-4-2-1-3-10(12)8-16-13(17)7-11-9-20(18,19)6-5-15-11/h1-4,11,15H,5-9H2,(H,16,17). The van der Waals surface area contributed by atoms with Gasteiger partial charge < -0.3 is 10.6 Å². The van der Waals surface area contributed by atoms with E-state index in [4.69, 9.17) is 11.6 Å². The first kappa shape index (κ1) is 15.3. The van der Waals surface area contributed by atoms with E-state index < -0.39 is 9.84 Å². The summed E-state index contributed by atoms with van der Waals surface area (Å²) in [4.78, 5) is 11.8. The van der Waals surface area contributed by atoms with E-state index in [2.05, 4.69) is 10.6 Å². The van der Waals surface area contributed by atoms with E-state index in [1.54, 1.807) is 6.07 Å². The van der Waals surface area contributed by atoms with Gasteiger partial charge in [-0.15, -0.1) is 0 Å². The van der Waals surface area contributed by atoms with E-state index in [-0.39, 0.29) is 29.9 Å². The van der Waals surface area contributed by atoms with E-state index in [0.717, 1.165) is 5.56 Å². The van der Waals surface area contributed by atoms with Crippen molar-refractivity contribution in [1.82, 2.24) is 10.6 Å². The molecule has 2 rings (SSSR count). The smallest absolute Gasteiger partial charge is 0.221 e. The van der Waals surface area contributed by atoms with Crippen LogP contribution < -0.4 is 10.6 Å². The van der Waals surface area contributed by atoms with Crippen LogP contribution in [0.5, 0.6) is 0 Å². The molecule has 1 aromatic carbocycles. The Hall–Kier alpha value is -1.11. The molecule has 0 aromatic heterocycles. The second kappa shape index (κ2) is 6.56. The fraction of sp³-hybridized carbons (Fsp3) is 0.462. The van der Waals surface area contributed by atoms with Crippen molar-refractivity contribution < 1.29 is 13.2 Å². The Morgan fingerprint density at radius 3 is 2.85 bits per heavy atom. The molecule has 1 saturated heterocycles. The van der Waals surface area contributed by atoms with Crippen LogP contribution in [0, 0.1) is 0 Å². The Kier molecular flexibility index (Phi) is 5.01. The predicted octanol–water partition coefficient (Wildman–Crippen LogP) is 0.733. The monoisotopic (exact) mass is 316 g/mol. The van der Waals surface area contributed by atoms with Gasteiger partial charge in [0.05, 0.1) is 11.5 Å². The third-order valence-electron chi connectivity index (χ3n) is 3.17. The normalized spacial score (nSPS) is 21.4. The van der Waals surface area contributed by atoms with Gasteiger partial charge in [0, 0.05) is 30.6 Å². The summed E-state index contributed by atoms with van der Waals surface area (Å²) in [6.07, 6.45) is 0.156. The van der Waals surface area contributed by atoms with E-state index in [9.17, 15) is 13.2 Å². The van der Waals surface area contributed by atoms with Crippen LogP contribution in [0.1, 0.15) is 12.0 Å². The van der Waals surface area contributed by atoms with Gasteiger partial charge in [-0.25, -0.2) is 8.42 Å². The van der Waals surface area contributed by atoms with Gasteiger partial charge in [-0.05, 0) is 11.6 Å². The number of halogens is 1. The second-order valence-electron chi connectivity index (χ2n) is 4.84. The van der Waals surface area contributed by atoms with E-state index in [0.29, 0.717) is 18.1 Å². The fourth-order valence-corrected chi connectivity index (χ4v) is 3.78. The maximum absolute atomic E-state index is 11.8. The molecule has 0 aliphatic carbocycles. The SMILES string of the molecule is O=C(CC1CS(=O)(=O)CCN1)NCc1ccccc1Cl. The summed E-state index contributed by atoms with van der Waals surface area (Å²) < 4.78 is 23.0. The summed E-state index contributed by atoms with van der Waals surface area (Å²) in [5.74, 6) is -0.0171. The number of rotatable bonds is 4. The van der Waals surface area contributed by atoms with Crippen molar-refractivity contribution in [3.63, 3.8) is 0 Å². The van der Waals surface area contributed by atoms with Gasteiger partial charge in [-0.1, -0.05) is 29.8 Å². The Morgan fingerprint density at radius 1 is 1.40 bits per heavy atom. The Bertz CT molecular complexity index is 589. The molecule has 1 fully saturated rings. The first-order valence-electron chi connectivity index (χ1n) is 6.40. The van der Waals surface area contributed by atoms with Gasteiger partial charge in [0.2, 0.25) is 5.91 Å². The highest BCUT2D eigenvalue weighted by molar-refractivity contribution is 7.91. The van der Waals surface area contributed by atoms with Crippen molar-refractivity contribution in [2.24, 2.45) is 0 Å². The highest BCUT2D eigenvalue weighted by Gasteiger charge is 2.25. The molecule has 0 radical (unpaired) electrons. The molecule has 0 bridgehead atoms. The number of carbonyl (C=O) groups is 1. The number of nitrogens with one attached hydrogen (secondary N) is 2. The summed E-state index contributed by atoms with van der Waals surface area (Å²) >= 11 is 5.99. The first-order valence-corrected chi connectivity index (χ1v) is 8.60. The molecule has 1 aromatic rings. The third kappa shape index (κ3) is 4.47. The van der Waals surface area contributed by atoms with Crippen LogP contribution >= 0.6 is 11.6 Å². The second-order valence-corrected chi connectivity index (χ2v) is 7.47. The molecular formula is C13H17ClN2O3S. The first-order chi connectivity index (χ1) is 9.46. The van der Waals surface area contributed by atoms with Crippen LogP contribution in [0.15, 0.2) is 24.3 Å². The number of amides is 1. The van der Waals surface area contributed by atoms with Crippen LogP contribution in [-0.2, 0) is 21.2 Å². The molecule has 1 aliphatic rings. The average Bonchev–Trinajstić information content (AvgIpc) is 2.36. The zero-order valence-electron chi connectivity index (χ0n) is 10.9. The Labute approximate surface area is 123 Å². The lowest BCUT2D eigenvalue weighted by molar-refractivity contribution is -0.121. The number of carbonyl (C=O) groups excluding carboxylic acids is 1. The number of hydrogen-bond acceptors (Lipinski definition) is 4. The van der Waals surface area contributed by atoms with Gasteiger partial charge in [-0.3, -0.25) is 4.79 Å². The van der Waals surface area contributed by atoms with Gasteiger partial charge in [0.25, 0.3) is 0 Å².